The summed E-state index contributed by atoms with van der Waals surface area (Å²) in [5, 5.41) is 0. The molecule has 6 heteroatoms. The highest BCUT2D eigenvalue weighted by Crippen LogP contribution is 2.31. The van der Waals surface area contributed by atoms with Crippen LogP contribution >= 0.6 is 0 Å². The molecule has 0 unspecified atom stereocenters. The molecule has 0 saturated carbocycles. The number of benzene rings is 2. The minimum absolute atomic E-state index is 0.0580. The van der Waals surface area contributed by atoms with Gasteiger partial charge in [-0.2, -0.15) is 13.2 Å². The van der Waals surface area contributed by atoms with Crippen molar-refractivity contribution in [2.45, 2.75) is 18.8 Å². The van der Waals surface area contributed by atoms with Gasteiger partial charge in [0.2, 0.25) is 0 Å². The van der Waals surface area contributed by atoms with Gasteiger partial charge in [0, 0.05) is 0 Å². The molecule has 0 radical (unpaired) electrons. The van der Waals surface area contributed by atoms with Gasteiger partial charge in [0.25, 0.3) is 0 Å². The number of ether oxygens (including phenoxy) is 1. The molecule has 0 amide bonds. The molecule has 2 N–H and O–H groups in total. The third-order valence-corrected chi connectivity index (χ3v) is 2.86. The molecule has 0 fully saturated rings. The molecule has 21 heavy (non-hydrogen) atoms. The fourth-order valence-corrected chi connectivity index (χ4v) is 1.78. The molecule has 1 atom stereocenters. The molecule has 0 aliphatic heterocycles. The average Bonchev–Trinajstić information content (AvgIpc) is 2.44. The molecule has 0 spiro atoms. The molecule has 0 heterocycles. The van der Waals surface area contributed by atoms with Crippen LogP contribution < -0.4 is 10.5 Å². The third kappa shape index (κ3) is 4.19. The van der Waals surface area contributed by atoms with Crippen LogP contribution in [0.2, 0.25) is 0 Å². The van der Waals surface area contributed by atoms with Gasteiger partial charge in [-0.3, -0.25) is 0 Å². The fraction of sp³-hybridized carbons (Fsp3) is 0.200. The summed E-state index contributed by atoms with van der Waals surface area (Å²) in [6.07, 6.45) is -4.51. The second-order valence-electron chi connectivity index (χ2n) is 4.51. The van der Waals surface area contributed by atoms with Gasteiger partial charge in [0.1, 0.15) is 24.2 Å². The summed E-state index contributed by atoms with van der Waals surface area (Å²) in [7, 11) is 0. The van der Waals surface area contributed by atoms with Crippen LogP contribution in [0.1, 0.15) is 17.2 Å². The molecular formula is C15H13F4NO. The van der Waals surface area contributed by atoms with Crippen LogP contribution in [0.25, 0.3) is 0 Å². The lowest BCUT2D eigenvalue weighted by atomic mass is 10.1. The molecular weight excluding hydrogens is 286 g/mol. The van der Waals surface area contributed by atoms with E-state index in [1.165, 1.54) is 42.5 Å². The highest BCUT2D eigenvalue weighted by Gasteiger charge is 2.37. The smallest absolute Gasteiger partial charge is 0.407 e. The summed E-state index contributed by atoms with van der Waals surface area (Å²) >= 11 is 0. The maximum absolute atomic E-state index is 13.0. The van der Waals surface area contributed by atoms with Crippen molar-refractivity contribution in [2.24, 2.45) is 5.73 Å². The lowest BCUT2D eigenvalue weighted by Crippen LogP contribution is -2.28. The van der Waals surface area contributed by atoms with Gasteiger partial charge in [0.05, 0.1) is 0 Å². The van der Waals surface area contributed by atoms with Crippen molar-refractivity contribution >= 4 is 0 Å². The third-order valence-electron chi connectivity index (χ3n) is 2.86. The molecule has 2 aromatic rings. The van der Waals surface area contributed by atoms with E-state index in [1.807, 2.05) is 0 Å². The van der Waals surface area contributed by atoms with Crippen LogP contribution in [0.3, 0.4) is 0 Å². The van der Waals surface area contributed by atoms with Crippen molar-refractivity contribution in [3.8, 4) is 5.75 Å². The van der Waals surface area contributed by atoms with Gasteiger partial charge in [-0.1, -0.05) is 24.3 Å². The van der Waals surface area contributed by atoms with Crippen molar-refractivity contribution in [1.82, 2.24) is 0 Å². The van der Waals surface area contributed by atoms with Crippen molar-refractivity contribution in [2.75, 3.05) is 0 Å². The first kappa shape index (κ1) is 15.3. The first-order chi connectivity index (χ1) is 9.86. The van der Waals surface area contributed by atoms with Crippen molar-refractivity contribution < 1.29 is 22.3 Å². The Labute approximate surface area is 119 Å². The Kier molecular flexibility index (Phi) is 4.47. The first-order valence-electron chi connectivity index (χ1n) is 6.16. The molecule has 0 aliphatic carbocycles. The van der Waals surface area contributed by atoms with Crippen LogP contribution in [-0.2, 0) is 6.61 Å². The molecule has 0 bridgehead atoms. The monoisotopic (exact) mass is 299 g/mol. The fourth-order valence-electron chi connectivity index (χ4n) is 1.78. The van der Waals surface area contributed by atoms with E-state index in [-0.39, 0.29) is 17.9 Å². The predicted molar refractivity (Wildman–Crippen MR) is 70.2 cm³/mol. The van der Waals surface area contributed by atoms with E-state index in [9.17, 15) is 17.6 Å². The summed E-state index contributed by atoms with van der Waals surface area (Å²) in [6, 6.07) is 9.20. The Morgan fingerprint density at radius 1 is 1.05 bits per heavy atom. The van der Waals surface area contributed by atoms with Crippen molar-refractivity contribution in [1.29, 1.82) is 0 Å². The summed E-state index contributed by atoms with van der Waals surface area (Å²) < 4.78 is 56.0. The second kappa shape index (κ2) is 6.13. The Balaban J connectivity index is 2.08. The molecule has 2 aromatic carbocycles. The zero-order valence-corrected chi connectivity index (χ0v) is 10.9. The van der Waals surface area contributed by atoms with E-state index in [1.54, 1.807) is 6.07 Å². The molecule has 2 nitrogen and oxygen atoms in total. The molecule has 0 aliphatic rings. The van der Waals surface area contributed by atoms with Crippen molar-refractivity contribution in [3.63, 3.8) is 0 Å². The maximum Gasteiger partial charge on any atom is 0.407 e. The summed E-state index contributed by atoms with van der Waals surface area (Å²) in [5.74, 6) is -0.152. The van der Waals surface area contributed by atoms with Crippen LogP contribution in [0, 0.1) is 5.82 Å². The molecule has 112 valence electrons. The molecule has 0 saturated heterocycles. The summed E-state index contributed by atoms with van der Waals surface area (Å²) in [4.78, 5) is 0. The lowest BCUT2D eigenvalue weighted by molar-refractivity contribution is -0.149. The van der Waals surface area contributed by atoms with Crippen LogP contribution in [0.4, 0.5) is 17.6 Å². The minimum Gasteiger partial charge on any atom is -0.489 e. The number of rotatable bonds is 4. The molecule has 0 aromatic heterocycles. The van der Waals surface area contributed by atoms with E-state index in [2.05, 4.69) is 0 Å². The van der Waals surface area contributed by atoms with E-state index < -0.39 is 18.0 Å². The zero-order chi connectivity index (χ0) is 15.5. The van der Waals surface area contributed by atoms with Crippen LogP contribution in [0.5, 0.6) is 5.75 Å². The number of hydrogen-bond donors (Lipinski definition) is 1. The van der Waals surface area contributed by atoms with Gasteiger partial charge in [0.15, 0.2) is 0 Å². The van der Waals surface area contributed by atoms with Crippen molar-refractivity contribution in [3.05, 3.63) is 65.5 Å². The van der Waals surface area contributed by atoms with Gasteiger partial charge >= 0.3 is 6.18 Å². The number of alkyl halides is 3. The number of nitrogens with two attached hydrogens (primary N) is 1. The average molecular weight is 299 g/mol. The zero-order valence-electron chi connectivity index (χ0n) is 10.9. The minimum atomic E-state index is -4.51. The SMILES string of the molecule is N[C@@H](c1cccc(OCc2cccc(F)c2)c1)C(F)(F)F. The Hall–Kier alpha value is -2.08. The van der Waals surface area contributed by atoms with Gasteiger partial charge in [-0.25, -0.2) is 4.39 Å². The highest BCUT2D eigenvalue weighted by molar-refractivity contribution is 5.31. The maximum atomic E-state index is 13.0. The first-order valence-corrected chi connectivity index (χ1v) is 6.16. The number of halogens is 4. The second-order valence-corrected chi connectivity index (χ2v) is 4.51. The van der Waals surface area contributed by atoms with Gasteiger partial charge in [-0.15, -0.1) is 0 Å². The van der Waals surface area contributed by atoms with Crippen LogP contribution in [-0.4, -0.2) is 6.18 Å². The highest BCUT2D eigenvalue weighted by atomic mass is 19.4. The predicted octanol–water partition coefficient (Wildman–Crippen LogP) is 3.97. The number of hydrogen-bond acceptors (Lipinski definition) is 2. The Morgan fingerprint density at radius 3 is 2.43 bits per heavy atom. The topological polar surface area (TPSA) is 35.2 Å². The van der Waals surface area contributed by atoms with Gasteiger partial charge < -0.3 is 10.5 Å². The van der Waals surface area contributed by atoms with Crippen LogP contribution in [0.15, 0.2) is 48.5 Å². The lowest BCUT2D eigenvalue weighted by Gasteiger charge is -2.16. The Morgan fingerprint density at radius 2 is 1.76 bits per heavy atom. The normalized spacial score (nSPS) is 13.0. The van der Waals surface area contributed by atoms with E-state index in [0.717, 1.165) is 0 Å². The van der Waals surface area contributed by atoms with E-state index in [4.69, 9.17) is 10.5 Å². The molecule has 2 rings (SSSR count). The van der Waals surface area contributed by atoms with Gasteiger partial charge in [-0.05, 0) is 35.4 Å². The summed E-state index contributed by atoms with van der Waals surface area (Å²) in [5.41, 5.74) is 5.64. The standard InChI is InChI=1S/C15H13F4NO/c16-12-5-1-3-10(7-12)9-21-13-6-2-4-11(8-13)14(20)15(17,18)19/h1-8,14H,9,20H2/t14-/m0/s1. The van der Waals surface area contributed by atoms with E-state index in [0.29, 0.717) is 5.56 Å². The summed E-state index contributed by atoms with van der Waals surface area (Å²) in [6.45, 7) is 0.0580. The largest absolute Gasteiger partial charge is 0.489 e. The quantitative estimate of drug-likeness (QED) is 0.867. The van der Waals surface area contributed by atoms with E-state index >= 15 is 0 Å². The Bertz CT molecular complexity index is 613.